The molecule has 1 saturated heterocycles. The van der Waals surface area contributed by atoms with Gasteiger partial charge in [-0.3, -0.25) is 9.59 Å². The average Bonchev–Trinajstić information content (AvgIpc) is 3.39. The van der Waals surface area contributed by atoms with Gasteiger partial charge in [-0.25, -0.2) is 4.39 Å². The quantitative estimate of drug-likeness (QED) is 0.405. The number of halogens is 1. The molecule has 3 N–H and O–H groups in total. The van der Waals surface area contributed by atoms with Crippen LogP contribution in [0.2, 0.25) is 0 Å². The topological polar surface area (TPSA) is 101 Å². The van der Waals surface area contributed by atoms with E-state index >= 15 is 0 Å². The zero-order valence-electron chi connectivity index (χ0n) is 22.7. The highest BCUT2D eigenvalue weighted by Gasteiger charge is 2.42. The molecule has 2 aliphatic carbocycles. The summed E-state index contributed by atoms with van der Waals surface area (Å²) in [5.74, 6) is 0.948. The number of hydrogen-bond donors (Lipinski definition) is 2. The number of nitrogens with one attached hydrogen (secondary N) is 1. The first-order valence-electron chi connectivity index (χ1n) is 14.4. The van der Waals surface area contributed by atoms with Crippen LogP contribution in [-0.2, 0) is 15.1 Å². The summed E-state index contributed by atoms with van der Waals surface area (Å²) in [4.78, 5) is 27.1. The third-order valence-corrected chi connectivity index (χ3v) is 8.89. The smallest absolute Gasteiger partial charge is 0.225 e. The predicted octanol–water partition coefficient (Wildman–Crippen LogP) is 5.61. The van der Waals surface area contributed by atoms with Crippen LogP contribution in [0.15, 0.2) is 60.7 Å². The van der Waals surface area contributed by atoms with Crippen molar-refractivity contribution in [2.45, 2.75) is 75.5 Å². The van der Waals surface area contributed by atoms with Gasteiger partial charge in [0, 0.05) is 54.9 Å². The number of amides is 2. The molecule has 0 unspecified atom stereocenters. The van der Waals surface area contributed by atoms with Gasteiger partial charge in [0.1, 0.15) is 11.9 Å². The lowest BCUT2D eigenvalue weighted by Gasteiger charge is -2.41. The van der Waals surface area contributed by atoms with Gasteiger partial charge in [-0.05, 0) is 55.2 Å². The molecule has 0 bridgehead atoms. The normalized spacial score (nSPS) is 26.4. The summed E-state index contributed by atoms with van der Waals surface area (Å²) < 4.78 is 13.5. The van der Waals surface area contributed by atoms with Gasteiger partial charge in [0.25, 0.3) is 0 Å². The molecule has 3 fully saturated rings. The lowest BCUT2D eigenvalue weighted by molar-refractivity contribution is -0.130. The number of hydrogen-bond acceptors (Lipinski definition) is 5. The SMILES string of the molecule is NC1(c2ccc(-c3nnc(NC(=O)C[C@H]4CC[C@H](N5CCCC5=O)CC4)cc3-c3ccccc3)cc2)CC(F)C1. The molecule has 6 rings (SSSR count). The lowest BCUT2D eigenvalue weighted by atomic mass is 9.71. The third kappa shape index (κ3) is 5.50. The Kier molecular flexibility index (Phi) is 7.36. The number of anilines is 1. The van der Waals surface area contributed by atoms with E-state index in [1.165, 1.54) is 0 Å². The van der Waals surface area contributed by atoms with E-state index in [1.807, 2.05) is 65.6 Å². The van der Waals surface area contributed by atoms with Crippen LogP contribution in [-0.4, -0.2) is 45.7 Å². The largest absolute Gasteiger partial charge is 0.340 e. The first-order valence-corrected chi connectivity index (χ1v) is 14.4. The second-order valence-electron chi connectivity index (χ2n) is 11.7. The van der Waals surface area contributed by atoms with Gasteiger partial charge in [0.2, 0.25) is 11.8 Å². The fourth-order valence-corrected chi connectivity index (χ4v) is 6.60. The molecule has 2 saturated carbocycles. The maximum Gasteiger partial charge on any atom is 0.225 e. The molecule has 0 radical (unpaired) electrons. The predicted molar refractivity (Wildman–Crippen MR) is 153 cm³/mol. The van der Waals surface area contributed by atoms with Gasteiger partial charge < -0.3 is 16.0 Å². The summed E-state index contributed by atoms with van der Waals surface area (Å²) in [7, 11) is 0. The Balaban J connectivity index is 1.15. The molecule has 8 heteroatoms. The number of carbonyl (C=O) groups excluding carboxylic acids is 2. The third-order valence-electron chi connectivity index (χ3n) is 8.89. The van der Waals surface area contributed by atoms with Crippen LogP contribution in [0.5, 0.6) is 0 Å². The van der Waals surface area contributed by atoms with Crippen molar-refractivity contribution in [3.8, 4) is 22.4 Å². The van der Waals surface area contributed by atoms with Gasteiger partial charge in [-0.15, -0.1) is 10.2 Å². The van der Waals surface area contributed by atoms with Crippen molar-refractivity contribution in [3.05, 3.63) is 66.2 Å². The fourth-order valence-electron chi connectivity index (χ4n) is 6.60. The zero-order chi connectivity index (χ0) is 27.7. The standard InChI is InChI=1S/C32H36FN5O2/c33-25-19-32(34,20-25)24-12-10-23(11-13-24)31-27(22-5-2-1-3-6-22)18-28(36-37-31)35-29(39)17-21-8-14-26(15-9-21)38-16-4-7-30(38)40/h1-3,5-6,10-13,18,21,25-26H,4,7-9,14-17,19-20,34H2,(H,35,36,39)/t21-,25?,26-,32?. The maximum absolute atomic E-state index is 13.5. The molecular formula is C32H36FN5O2. The Morgan fingerprint density at radius 3 is 2.38 bits per heavy atom. The number of rotatable bonds is 7. The maximum atomic E-state index is 13.5. The highest BCUT2D eigenvalue weighted by Crippen LogP contribution is 2.42. The van der Waals surface area contributed by atoms with Crippen LogP contribution in [0.3, 0.4) is 0 Å². The molecule has 40 heavy (non-hydrogen) atoms. The van der Waals surface area contributed by atoms with E-state index in [0.29, 0.717) is 49.2 Å². The highest BCUT2D eigenvalue weighted by atomic mass is 19.1. The molecule has 2 aromatic carbocycles. The number of benzene rings is 2. The van der Waals surface area contributed by atoms with Gasteiger partial charge in [0.05, 0.1) is 0 Å². The molecule has 1 aliphatic heterocycles. The Labute approximate surface area is 234 Å². The first kappa shape index (κ1) is 26.6. The summed E-state index contributed by atoms with van der Waals surface area (Å²) in [6, 6.07) is 19.9. The zero-order valence-corrected chi connectivity index (χ0v) is 22.7. The first-order chi connectivity index (χ1) is 19.4. The van der Waals surface area contributed by atoms with Crippen LogP contribution >= 0.6 is 0 Å². The molecular weight excluding hydrogens is 505 g/mol. The van der Waals surface area contributed by atoms with Gasteiger partial charge >= 0.3 is 0 Å². The van der Waals surface area contributed by atoms with Crippen LogP contribution < -0.4 is 11.1 Å². The highest BCUT2D eigenvalue weighted by molar-refractivity contribution is 5.91. The number of aromatic nitrogens is 2. The summed E-state index contributed by atoms with van der Waals surface area (Å²) >= 11 is 0. The minimum Gasteiger partial charge on any atom is -0.340 e. The van der Waals surface area contributed by atoms with Gasteiger partial charge in [0.15, 0.2) is 5.82 Å². The summed E-state index contributed by atoms with van der Waals surface area (Å²) in [5.41, 5.74) is 10.1. The Morgan fingerprint density at radius 2 is 1.73 bits per heavy atom. The van der Waals surface area contributed by atoms with Crippen molar-refractivity contribution in [2.24, 2.45) is 11.7 Å². The molecule has 3 aromatic rings. The molecule has 208 valence electrons. The van der Waals surface area contributed by atoms with E-state index in [4.69, 9.17) is 5.73 Å². The van der Waals surface area contributed by atoms with Crippen molar-refractivity contribution in [2.75, 3.05) is 11.9 Å². The minimum absolute atomic E-state index is 0.0639. The molecule has 7 nitrogen and oxygen atoms in total. The molecule has 1 aromatic heterocycles. The summed E-state index contributed by atoms with van der Waals surface area (Å²) in [6.45, 7) is 0.880. The van der Waals surface area contributed by atoms with Crippen molar-refractivity contribution in [1.82, 2.24) is 15.1 Å². The molecule has 2 amide bonds. The van der Waals surface area contributed by atoms with E-state index in [9.17, 15) is 14.0 Å². The molecule has 0 spiro atoms. The van der Waals surface area contributed by atoms with Crippen molar-refractivity contribution >= 4 is 17.6 Å². The number of carbonyl (C=O) groups is 2. The molecule has 0 atom stereocenters. The summed E-state index contributed by atoms with van der Waals surface area (Å²) in [6.07, 6.45) is 5.77. The van der Waals surface area contributed by atoms with Crippen LogP contribution in [0.25, 0.3) is 22.4 Å². The second kappa shape index (κ2) is 11.1. The molecule has 3 aliphatic rings. The van der Waals surface area contributed by atoms with Crippen molar-refractivity contribution < 1.29 is 14.0 Å². The average molecular weight is 542 g/mol. The van der Waals surface area contributed by atoms with Crippen LogP contribution in [0, 0.1) is 5.92 Å². The van der Waals surface area contributed by atoms with Crippen molar-refractivity contribution in [3.63, 3.8) is 0 Å². The number of alkyl halides is 1. The fraction of sp³-hybridized carbons (Fsp3) is 0.438. The summed E-state index contributed by atoms with van der Waals surface area (Å²) in [5, 5.41) is 11.9. The minimum atomic E-state index is -0.835. The number of nitrogens with zero attached hydrogens (tertiary/aromatic N) is 3. The van der Waals surface area contributed by atoms with Gasteiger partial charge in [-0.1, -0.05) is 54.6 Å². The number of likely N-dealkylation sites (tertiary alicyclic amines) is 1. The molecule has 2 heterocycles. The Hall–Kier alpha value is -3.65. The van der Waals surface area contributed by atoms with Gasteiger partial charge in [-0.2, -0.15) is 0 Å². The second-order valence-corrected chi connectivity index (χ2v) is 11.7. The Morgan fingerprint density at radius 1 is 1.00 bits per heavy atom. The Bertz CT molecular complexity index is 1370. The van der Waals surface area contributed by atoms with Crippen LogP contribution in [0.1, 0.15) is 63.4 Å². The van der Waals surface area contributed by atoms with E-state index < -0.39 is 11.7 Å². The van der Waals surface area contributed by atoms with Crippen molar-refractivity contribution in [1.29, 1.82) is 0 Å². The van der Waals surface area contributed by atoms with E-state index in [1.54, 1.807) is 0 Å². The van der Waals surface area contributed by atoms with E-state index in [-0.39, 0.29) is 11.8 Å². The van der Waals surface area contributed by atoms with E-state index in [0.717, 1.165) is 60.9 Å². The number of nitrogens with two attached hydrogens (primary N) is 1. The van der Waals surface area contributed by atoms with Crippen LogP contribution in [0.4, 0.5) is 10.2 Å². The van der Waals surface area contributed by atoms with E-state index in [2.05, 4.69) is 15.5 Å². The lowest BCUT2D eigenvalue weighted by Crippen LogP contribution is -2.50. The monoisotopic (exact) mass is 541 g/mol.